The van der Waals surface area contributed by atoms with Crippen LogP contribution in [0.25, 0.3) is 0 Å². The van der Waals surface area contributed by atoms with E-state index in [-0.39, 0.29) is 57.5 Å². The van der Waals surface area contributed by atoms with E-state index in [0.29, 0.717) is 0 Å². The molecule has 7 N–H and O–H groups in total. The molecule has 0 amide bonds. The molecule has 0 rings (SSSR count). The zero-order valence-electron chi connectivity index (χ0n) is 5.76. The van der Waals surface area contributed by atoms with E-state index in [0.717, 1.165) is 0 Å². The molecule has 0 saturated carbocycles. The molecule has 0 unspecified atom stereocenters. The Morgan fingerprint density at radius 1 is 0.786 bits per heavy atom. The molecule has 0 aliphatic rings. The van der Waals surface area contributed by atoms with Crippen molar-refractivity contribution in [2.45, 2.75) is 0 Å². The summed E-state index contributed by atoms with van der Waals surface area (Å²) in [6.07, 6.45) is 0. The van der Waals surface area contributed by atoms with Crippen LogP contribution in [-0.2, 0) is 29.5 Å². The van der Waals surface area contributed by atoms with Gasteiger partial charge in [-0.15, -0.1) is 0 Å². The molecule has 0 radical (unpaired) electrons. The zero-order chi connectivity index (χ0) is 10.4. The summed E-state index contributed by atoms with van der Waals surface area (Å²) in [4.78, 5) is 0. The molecule has 0 aliphatic heterocycles. The van der Waals surface area contributed by atoms with E-state index in [1.807, 2.05) is 0 Å². The van der Waals surface area contributed by atoms with E-state index in [4.69, 9.17) is 36.5 Å². The van der Waals surface area contributed by atoms with Gasteiger partial charge in [-0.2, -0.15) is 16.8 Å². The van der Waals surface area contributed by atoms with Gasteiger partial charge in [0.1, 0.15) is 0 Å². The summed E-state index contributed by atoms with van der Waals surface area (Å²) in [6.45, 7) is 0. The van der Waals surface area contributed by atoms with E-state index in [2.05, 4.69) is 8.67 Å². The van der Waals surface area contributed by atoms with Crippen molar-refractivity contribution in [2.24, 2.45) is 0 Å². The molecule has 0 aromatic heterocycles. The van der Waals surface area contributed by atoms with Crippen LogP contribution >= 0.6 is 0 Å². The Morgan fingerprint density at radius 3 is 0.857 bits per heavy atom. The van der Waals surface area contributed by atoms with Crippen LogP contribution in [0.4, 0.5) is 0 Å². The van der Waals surface area contributed by atoms with Crippen LogP contribution in [0.2, 0.25) is 0 Å². The first-order chi connectivity index (χ1) is 5.12. The van der Waals surface area contributed by atoms with Crippen LogP contribution in [0.5, 0.6) is 0 Å². The Hall–Kier alpha value is 1.26. The standard InChI is InChI=1S/K.H3N.2H2O5S.H/c;;2*1-5-6(2,3)4;/h;1H3;2*1H,(H,2,3,4);. The first kappa shape index (κ1) is 24.5. The van der Waals surface area contributed by atoms with Gasteiger partial charge in [-0.05, 0) is 0 Å². The molecule has 14 heteroatoms. The van der Waals surface area contributed by atoms with Gasteiger partial charge in [0, 0.05) is 0 Å². The number of hydrogen-bond donors (Lipinski definition) is 5. The topological polar surface area (TPSA) is 203 Å². The quantitative estimate of drug-likeness (QED) is 0.163. The molecular formula is H8KNO10S2. The van der Waals surface area contributed by atoms with Crippen molar-refractivity contribution in [3.63, 3.8) is 0 Å². The third-order valence-corrected chi connectivity index (χ3v) is 0.565. The minimum atomic E-state index is -4.61. The summed E-state index contributed by atoms with van der Waals surface area (Å²) in [6, 6.07) is 0. The molecular weight excluding hydrogens is 277 g/mol. The number of rotatable bonds is 2. The van der Waals surface area contributed by atoms with Crippen molar-refractivity contribution < 1.29 is 45.1 Å². The van der Waals surface area contributed by atoms with Crippen molar-refractivity contribution in [1.29, 1.82) is 0 Å². The van der Waals surface area contributed by atoms with Gasteiger partial charge in [-0.3, -0.25) is 9.11 Å². The maximum absolute atomic E-state index is 9.08. The molecule has 0 aromatic rings. The van der Waals surface area contributed by atoms with Gasteiger partial charge < -0.3 is 6.15 Å². The summed E-state index contributed by atoms with van der Waals surface area (Å²) < 4.78 is 55.9. The van der Waals surface area contributed by atoms with E-state index in [9.17, 15) is 0 Å². The molecule has 86 valence electrons. The van der Waals surface area contributed by atoms with Gasteiger partial charge in [0.15, 0.2) is 0 Å². The van der Waals surface area contributed by atoms with Gasteiger partial charge in [0.2, 0.25) is 0 Å². The molecule has 0 bridgehead atoms. The second kappa shape index (κ2) is 10.8. The first-order valence-corrected chi connectivity index (χ1v) is 4.46. The van der Waals surface area contributed by atoms with Crippen molar-refractivity contribution in [2.75, 3.05) is 0 Å². The maximum atomic E-state index is 9.08. The van der Waals surface area contributed by atoms with Crippen LogP contribution < -0.4 is 6.15 Å². The summed E-state index contributed by atoms with van der Waals surface area (Å²) in [5.74, 6) is 0. The van der Waals surface area contributed by atoms with Crippen LogP contribution in [0.3, 0.4) is 0 Å². The Balaban J connectivity index is -0.0000000625. The third-order valence-electron chi connectivity index (χ3n) is 0.188. The van der Waals surface area contributed by atoms with Gasteiger partial charge in [-0.25, -0.2) is 10.5 Å². The SMILES string of the molecule is N.O=S(=O)(O)OO.O=S(=O)(O)OO.[KH]. The average molecular weight is 285 g/mol. The van der Waals surface area contributed by atoms with Crippen molar-refractivity contribution in [1.82, 2.24) is 6.15 Å². The molecule has 0 saturated heterocycles. The van der Waals surface area contributed by atoms with Crippen molar-refractivity contribution in [3.8, 4) is 0 Å². The normalized spacial score (nSPS) is 10.0. The average Bonchev–Trinajstić information content (AvgIpc) is 1.86. The van der Waals surface area contributed by atoms with E-state index in [1.54, 1.807) is 0 Å². The van der Waals surface area contributed by atoms with Gasteiger partial charge in [0.25, 0.3) is 0 Å². The molecule has 14 heavy (non-hydrogen) atoms. The van der Waals surface area contributed by atoms with Crippen molar-refractivity contribution in [3.05, 3.63) is 0 Å². The first-order valence-electron chi connectivity index (χ1n) is 1.73. The van der Waals surface area contributed by atoms with E-state index in [1.165, 1.54) is 0 Å². The van der Waals surface area contributed by atoms with Crippen LogP contribution in [0.1, 0.15) is 0 Å². The second-order valence-corrected chi connectivity index (χ2v) is 3.01. The summed E-state index contributed by atoms with van der Waals surface area (Å²) in [5.41, 5.74) is 0. The van der Waals surface area contributed by atoms with Crippen LogP contribution in [0, 0.1) is 0 Å². The Labute approximate surface area is 122 Å². The summed E-state index contributed by atoms with van der Waals surface area (Å²) in [7, 11) is -9.21. The predicted molar refractivity (Wildman–Crippen MR) is 42.7 cm³/mol. The van der Waals surface area contributed by atoms with Gasteiger partial charge in [0.05, 0.1) is 0 Å². The Bertz CT molecular complexity index is 254. The minimum absolute atomic E-state index is 0. The fraction of sp³-hybridized carbons (Fsp3) is 0. The van der Waals surface area contributed by atoms with Gasteiger partial charge >= 0.3 is 72.2 Å². The van der Waals surface area contributed by atoms with Gasteiger partial charge in [-0.1, -0.05) is 8.67 Å². The fourth-order valence-electron chi connectivity index (χ4n) is 0. The van der Waals surface area contributed by atoms with E-state index >= 15 is 0 Å². The third kappa shape index (κ3) is 37.8. The predicted octanol–water partition coefficient (Wildman–Crippen LogP) is -1.93. The van der Waals surface area contributed by atoms with E-state index < -0.39 is 20.8 Å². The summed E-state index contributed by atoms with van der Waals surface area (Å²) in [5, 5.41) is 14.1. The molecule has 11 nitrogen and oxygen atoms in total. The number of hydrogen-bond acceptors (Lipinski definition) is 9. The van der Waals surface area contributed by atoms with Crippen molar-refractivity contribution >= 4 is 72.2 Å². The summed E-state index contributed by atoms with van der Waals surface area (Å²) >= 11 is 0. The monoisotopic (exact) mass is 285 g/mol. The zero-order valence-corrected chi connectivity index (χ0v) is 7.39. The molecule has 0 fully saturated rings. The molecule has 0 atom stereocenters. The molecule has 0 aliphatic carbocycles. The molecule has 0 spiro atoms. The van der Waals surface area contributed by atoms with Crippen LogP contribution in [0.15, 0.2) is 0 Å². The fourth-order valence-corrected chi connectivity index (χ4v) is 0. The molecule has 0 aromatic carbocycles. The van der Waals surface area contributed by atoms with Crippen LogP contribution in [-0.4, -0.2) is 87.8 Å². The second-order valence-electron chi connectivity index (χ2n) is 1.00. The molecule has 0 heterocycles. The Morgan fingerprint density at radius 2 is 0.857 bits per heavy atom. The Kier molecular flexibility index (Phi) is 18.8.